The first kappa shape index (κ1) is 16.8. The van der Waals surface area contributed by atoms with Gasteiger partial charge in [0.15, 0.2) is 0 Å². The molecule has 3 rings (SSSR count). The highest BCUT2D eigenvalue weighted by molar-refractivity contribution is 7.89. The molecule has 0 saturated carbocycles. The Balaban J connectivity index is 1.51. The van der Waals surface area contributed by atoms with Gasteiger partial charge in [-0.3, -0.25) is 0 Å². The minimum atomic E-state index is -3.62. The van der Waals surface area contributed by atoms with Gasteiger partial charge in [0.1, 0.15) is 34.9 Å². The van der Waals surface area contributed by atoms with E-state index in [0.717, 1.165) is 12.5 Å². The second kappa shape index (κ2) is 7.68. The van der Waals surface area contributed by atoms with E-state index in [0.29, 0.717) is 24.0 Å². The lowest BCUT2D eigenvalue weighted by molar-refractivity contribution is 0.417. The monoisotopic (exact) mass is 361 g/mol. The summed E-state index contributed by atoms with van der Waals surface area (Å²) >= 11 is 0. The third-order valence-corrected chi connectivity index (χ3v) is 4.44. The summed E-state index contributed by atoms with van der Waals surface area (Å²) in [5, 5.41) is 9.43. The van der Waals surface area contributed by atoms with Gasteiger partial charge in [0.2, 0.25) is 10.0 Å². The molecule has 0 fully saturated rings. The van der Waals surface area contributed by atoms with Crippen LogP contribution in [0.15, 0.2) is 58.7 Å². The van der Waals surface area contributed by atoms with E-state index in [1.54, 1.807) is 12.3 Å². The summed E-state index contributed by atoms with van der Waals surface area (Å²) in [6, 6.07) is 7.19. The second-order valence-corrected chi connectivity index (χ2v) is 6.58. The number of anilines is 3. The average Bonchev–Trinajstić information content (AvgIpc) is 3.16. The average molecular weight is 361 g/mol. The van der Waals surface area contributed by atoms with E-state index in [4.69, 9.17) is 0 Å². The Kier molecular flexibility index (Phi) is 5.16. The maximum Gasteiger partial charge on any atom is 0.245 e. The third kappa shape index (κ3) is 4.71. The van der Waals surface area contributed by atoms with Crippen LogP contribution in [0.5, 0.6) is 0 Å². The van der Waals surface area contributed by atoms with Gasteiger partial charge in [-0.1, -0.05) is 11.2 Å². The number of nitrogens with one attached hydrogen (secondary N) is 3. The van der Waals surface area contributed by atoms with Gasteiger partial charge >= 0.3 is 0 Å². The SMILES string of the molecule is O=S(=O)(NCCNc1cc(Nc2ccccn2)ncn1)c1cnoc1. The Morgan fingerprint density at radius 2 is 1.92 bits per heavy atom. The van der Waals surface area contributed by atoms with Gasteiger partial charge in [-0.15, -0.1) is 0 Å². The van der Waals surface area contributed by atoms with E-state index in [-0.39, 0.29) is 11.4 Å². The molecule has 0 aliphatic heterocycles. The standard InChI is InChI=1S/C14H15N7O3S/c22-25(23,11-8-19-24-9-11)20-6-5-16-13-7-14(18-10-17-13)21-12-3-1-2-4-15-12/h1-4,7-10,20H,5-6H2,(H2,15,16,17,18,21). The predicted octanol–water partition coefficient (Wildman–Crippen LogP) is 0.994. The molecular weight excluding hydrogens is 346 g/mol. The molecule has 3 aromatic rings. The van der Waals surface area contributed by atoms with E-state index in [9.17, 15) is 8.42 Å². The summed E-state index contributed by atoms with van der Waals surface area (Å²) in [5.74, 6) is 1.78. The van der Waals surface area contributed by atoms with Gasteiger partial charge in [0.05, 0.1) is 6.20 Å². The lowest BCUT2D eigenvalue weighted by Crippen LogP contribution is -2.28. The molecule has 25 heavy (non-hydrogen) atoms. The lowest BCUT2D eigenvalue weighted by Gasteiger charge is -2.08. The van der Waals surface area contributed by atoms with E-state index < -0.39 is 10.0 Å². The summed E-state index contributed by atoms with van der Waals surface area (Å²) in [6.07, 6.45) is 5.27. The maximum atomic E-state index is 11.9. The zero-order valence-electron chi connectivity index (χ0n) is 13.0. The van der Waals surface area contributed by atoms with Gasteiger partial charge in [0.25, 0.3) is 0 Å². The number of aromatic nitrogens is 4. The molecular formula is C14H15N7O3S. The minimum Gasteiger partial charge on any atom is -0.369 e. The Morgan fingerprint density at radius 3 is 2.68 bits per heavy atom. The third-order valence-electron chi connectivity index (χ3n) is 3.03. The fourth-order valence-corrected chi connectivity index (χ4v) is 2.77. The van der Waals surface area contributed by atoms with Gasteiger partial charge in [-0.05, 0) is 12.1 Å². The summed E-state index contributed by atoms with van der Waals surface area (Å²) in [5.41, 5.74) is 0. The molecule has 0 amide bonds. The van der Waals surface area contributed by atoms with Crippen LogP contribution < -0.4 is 15.4 Å². The summed E-state index contributed by atoms with van der Waals surface area (Å²) in [6.45, 7) is 0.505. The molecule has 0 saturated heterocycles. The van der Waals surface area contributed by atoms with Crippen molar-refractivity contribution < 1.29 is 12.9 Å². The molecule has 0 aliphatic rings. The molecule has 0 spiro atoms. The van der Waals surface area contributed by atoms with Crippen LogP contribution in [0.4, 0.5) is 17.5 Å². The van der Waals surface area contributed by atoms with Crippen LogP contribution in [0.3, 0.4) is 0 Å². The minimum absolute atomic E-state index is 0.0172. The molecule has 3 aromatic heterocycles. The topological polar surface area (TPSA) is 135 Å². The Bertz CT molecular complexity index is 901. The number of sulfonamides is 1. The lowest BCUT2D eigenvalue weighted by atomic mass is 10.4. The first-order chi connectivity index (χ1) is 12.1. The normalized spacial score (nSPS) is 11.2. The molecule has 0 unspecified atom stereocenters. The van der Waals surface area contributed by atoms with Gasteiger partial charge < -0.3 is 15.2 Å². The fraction of sp³-hybridized carbons (Fsp3) is 0.143. The summed E-state index contributed by atoms with van der Waals surface area (Å²) in [4.78, 5) is 12.3. The smallest absolute Gasteiger partial charge is 0.245 e. The van der Waals surface area contributed by atoms with Crippen molar-refractivity contribution in [2.75, 3.05) is 23.7 Å². The summed E-state index contributed by atoms with van der Waals surface area (Å²) < 4.78 is 30.7. The Morgan fingerprint density at radius 1 is 1.04 bits per heavy atom. The molecule has 0 bridgehead atoms. The van der Waals surface area contributed by atoms with Crippen molar-refractivity contribution in [3.8, 4) is 0 Å². The van der Waals surface area contributed by atoms with Crippen molar-refractivity contribution in [2.45, 2.75) is 4.90 Å². The Hall–Kier alpha value is -3.05. The van der Waals surface area contributed by atoms with Crippen LogP contribution in [0, 0.1) is 0 Å². The van der Waals surface area contributed by atoms with Gasteiger partial charge in [-0.25, -0.2) is 28.1 Å². The van der Waals surface area contributed by atoms with Crippen LogP contribution in [0.1, 0.15) is 0 Å². The summed E-state index contributed by atoms with van der Waals surface area (Å²) in [7, 11) is -3.62. The highest BCUT2D eigenvalue weighted by Gasteiger charge is 2.15. The van der Waals surface area contributed by atoms with E-state index >= 15 is 0 Å². The van der Waals surface area contributed by atoms with Crippen LogP contribution in [0.2, 0.25) is 0 Å². The van der Waals surface area contributed by atoms with Crippen molar-refractivity contribution >= 4 is 27.5 Å². The molecule has 3 N–H and O–H groups in total. The molecule has 11 heteroatoms. The highest BCUT2D eigenvalue weighted by atomic mass is 32.2. The van der Waals surface area contributed by atoms with Crippen molar-refractivity contribution in [2.24, 2.45) is 0 Å². The van der Waals surface area contributed by atoms with Crippen LogP contribution in [0.25, 0.3) is 0 Å². The fourth-order valence-electron chi connectivity index (χ4n) is 1.88. The molecule has 0 radical (unpaired) electrons. The second-order valence-electron chi connectivity index (χ2n) is 4.81. The van der Waals surface area contributed by atoms with E-state index in [1.165, 1.54) is 6.33 Å². The molecule has 3 heterocycles. The van der Waals surface area contributed by atoms with Crippen molar-refractivity contribution in [3.05, 3.63) is 49.2 Å². The van der Waals surface area contributed by atoms with E-state index in [2.05, 4.69) is 40.0 Å². The number of rotatable bonds is 8. The zero-order valence-corrected chi connectivity index (χ0v) is 13.8. The largest absolute Gasteiger partial charge is 0.369 e. The predicted molar refractivity (Wildman–Crippen MR) is 89.7 cm³/mol. The van der Waals surface area contributed by atoms with Crippen LogP contribution in [-0.2, 0) is 10.0 Å². The molecule has 0 atom stereocenters. The molecule has 0 aromatic carbocycles. The number of pyridine rings is 1. The van der Waals surface area contributed by atoms with Gasteiger partial charge in [-0.2, -0.15) is 0 Å². The highest BCUT2D eigenvalue weighted by Crippen LogP contribution is 2.13. The van der Waals surface area contributed by atoms with E-state index in [1.807, 2.05) is 18.2 Å². The van der Waals surface area contributed by atoms with Crippen LogP contribution >= 0.6 is 0 Å². The molecule has 130 valence electrons. The number of hydrogen-bond acceptors (Lipinski definition) is 9. The number of nitrogens with zero attached hydrogens (tertiary/aromatic N) is 4. The van der Waals surface area contributed by atoms with Crippen molar-refractivity contribution in [1.82, 2.24) is 24.8 Å². The first-order valence-electron chi connectivity index (χ1n) is 7.26. The maximum absolute atomic E-state index is 11.9. The number of hydrogen-bond donors (Lipinski definition) is 3. The zero-order chi connectivity index (χ0) is 17.5. The molecule has 10 nitrogen and oxygen atoms in total. The van der Waals surface area contributed by atoms with Crippen LogP contribution in [-0.4, -0.2) is 41.6 Å². The van der Waals surface area contributed by atoms with Crippen molar-refractivity contribution in [1.29, 1.82) is 0 Å². The van der Waals surface area contributed by atoms with Crippen molar-refractivity contribution in [3.63, 3.8) is 0 Å². The van der Waals surface area contributed by atoms with Gasteiger partial charge in [0, 0.05) is 25.4 Å². The Labute approximate surface area is 143 Å². The quantitative estimate of drug-likeness (QED) is 0.502. The first-order valence-corrected chi connectivity index (χ1v) is 8.75. The molecule has 0 aliphatic carbocycles.